The number of fused-ring (bicyclic) bond motifs is 1. The van der Waals surface area contributed by atoms with Crippen LogP contribution in [0.15, 0.2) is 73.3 Å². The van der Waals surface area contributed by atoms with Gasteiger partial charge in [0.1, 0.15) is 5.82 Å². The number of hydrogen-bond donors (Lipinski definition) is 2. The molecule has 158 valence electrons. The monoisotopic (exact) mass is 433 g/mol. The molecule has 0 unspecified atom stereocenters. The highest BCUT2D eigenvalue weighted by Crippen LogP contribution is 2.31. The molecule has 32 heavy (non-hydrogen) atoms. The lowest BCUT2D eigenvalue weighted by Gasteiger charge is -2.07. The number of rotatable bonds is 4. The highest BCUT2D eigenvalue weighted by molar-refractivity contribution is 5.77. The third kappa shape index (κ3) is 3.97. The molecule has 1 aromatic carbocycles. The van der Waals surface area contributed by atoms with Crippen LogP contribution >= 0.6 is 0 Å². The van der Waals surface area contributed by atoms with Crippen LogP contribution in [-0.2, 0) is 6.18 Å². The predicted octanol–water partition coefficient (Wildman–Crippen LogP) is 5.24. The molecule has 10 heteroatoms. The number of anilines is 2. The van der Waals surface area contributed by atoms with Gasteiger partial charge in [-0.3, -0.25) is 4.98 Å². The smallest absolute Gasteiger partial charge is 0.337 e. The summed E-state index contributed by atoms with van der Waals surface area (Å²) in [6.07, 6.45) is 1.35. The first kappa shape index (κ1) is 19.6. The van der Waals surface area contributed by atoms with Crippen molar-refractivity contribution in [2.75, 3.05) is 5.32 Å². The van der Waals surface area contributed by atoms with Crippen LogP contribution in [0.5, 0.6) is 0 Å². The quantitative estimate of drug-likeness (QED) is 0.403. The summed E-state index contributed by atoms with van der Waals surface area (Å²) in [5.74, 6) is 0.796. The molecule has 0 aliphatic heterocycles. The zero-order valence-corrected chi connectivity index (χ0v) is 16.3. The number of hydrogen-bond acceptors (Lipinski definition) is 6. The molecule has 0 radical (unpaired) electrons. The first-order valence-electron chi connectivity index (χ1n) is 9.49. The predicted molar refractivity (Wildman–Crippen MR) is 113 cm³/mol. The Balaban J connectivity index is 1.39. The van der Waals surface area contributed by atoms with E-state index in [4.69, 9.17) is 0 Å². The van der Waals surface area contributed by atoms with Gasteiger partial charge < -0.3 is 10.3 Å². The zero-order valence-electron chi connectivity index (χ0n) is 16.3. The Labute approximate surface area is 179 Å². The van der Waals surface area contributed by atoms with Crippen molar-refractivity contribution in [3.8, 4) is 22.6 Å². The lowest BCUT2D eigenvalue weighted by atomic mass is 10.2. The second-order valence-corrected chi connectivity index (χ2v) is 6.89. The van der Waals surface area contributed by atoms with Gasteiger partial charge in [0.05, 0.1) is 16.8 Å². The van der Waals surface area contributed by atoms with Gasteiger partial charge in [0, 0.05) is 41.6 Å². The Hall–Kier alpha value is -4.34. The van der Waals surface area contributed by atoms with Gasteiger partial charge in [-0.1, -0.05) is 18.2 Å². The van der Waals surface area contributed by atoms with E-state index in [0.717, 1.165) is 23.5 Å². The first-order valence-corrected chi connectivity index (χ1v) is 9.49. The summed E-state index contributed by atoms with van der Waals surface area (Å²) < 4.78 is 38.8. The number of nitrogens with one attached hydrogen (secondary N) is 2. The van der Waals surface area contributed by atoms with Gasteiger partial charge in [-0.2, -0.15) is 13.2 Å². The number of nitrogens with zero attached hydrogens (tertiary/aromatic N) is 5. The minimum atomic E-state index is -4.47. The fourth-order valence-corrected chi connectivity index (χ4v) is 3.12. The normalized spacial score (nSPS) is 11.6. The minimum absolute atomic E-state index is 0.208. The summed E-state index contributed by atoms with van der Waals surface area (Å²) in [6, 6.07) is 13.8. The lowest BCUT2D eigenvalue weighted by Crippen LogP contribution is -2.05. The Morgan fingerprint density at radius 2 is 1.66 bits per heavy atom. The maximum atomic E-state index is 12.9. The van der Waals surface area contributed by atoms with Gasteiger partial charge in [0.15, 0.2) is 5.65 Å². The SMILES string of the molecule is FC(F)(F)c1cnc2nc(-c3cccc(Nc4ncc(-c5ccccn5)cn4)c3)[nH]c2c1. The van der Waals surface area contributed by atoms with E-state index in [2.05, 4.69) is 35.2 Å². The summed E-state index contributed by atoms with van der Waals surface area (Å²) in [7, 11) is 0. The Kier molecular flexibility index (Phi) is 4.74. The van der Waals surface area contributed by atoms with Crippen molar-refractivity contribution < 1.29 is 13.2 Å². The van der Waals surface area contributed by atoms with Crippen molar-refractivity contribution in [1.82, 2.24) is 29.9 Å². The average Bonchev–Trinajstić information content (AvgIpc) is 3.23. The summed E-state index contributed by atoms with van der Waals surface area (Å²) >= 11 is 0. The standard InChI is InChI=1S/C22H14F3N7/c23-22(24,25)15-9-18-20(27-12-15)32-19(31-18)13-4-3-5-16(8-13)30-21-28-10-14(11-29-21)17-6-1-2-7-26-17/h1-12H,(H,27,31,32)(H,28,29,30). The molecule has 0 saturated heterocycles. The maximum absolute atomic E-state index is 12.9. The van der Waals surface area contributed by atoms with Crippen LogP contribution < -0.4 is 5.32 Å². The Bertz CT molecular complexity index is 1380. The molecule has 0 atom stereocenters. The third-order valence-corrected chi connectivity index (χ3v) is 4.67. The summed E-state index contributed by atoms with van der Waals surface area (Å²) in [5.41, 5.74) is 2.51. The molecule has 0 aliphatic rings. The second kappa shape index (κ2) is 7.73. The van der Waals surface area contributed by atoms with Crippen LogP contribution in [-0.4, -0.2) is 29.9 Å². The van der Waals surface area contributed by atoms with Crippen molar-refractivity contribution in [3.63, 3.8) is 0 Å². The largest absolute Gasteiger partial charge is 0.417 e. The van der Waals surface area contributed by atoms with Crippen LogP contribution in [0.3, 0.4) is 0 Å². The van der Waals surface area contributed by atoms with Gasteiger partial charge >= 0.3 is 6.18 Å². The van der Waals surface area contributed by atoms with E-state index in [0.29, 0.717) is 23.0 Å². The van der Waals surface area contributed by atoms with E-state index in [-0.39, 0.29) is 11.2 Å². The van der Waals surface area contributed by atoms with Crippen molar-refractivity contribution in [2.45, 2.75) is 6.18 Å². The first-order chi connectivity index (χ1) is 15.5. The molecule has 7 nitrogen and oxygen atoms in total. The van der Waals surface area contributed by atoms with E-state index in [9.17, 15) is 13.2 Å². The summed E-state index contributed by atoms with van der Waals surface area (Å²) in [4.78, 5) is 23.9. The molecule has 2 N–H and O–H groups in total. The topological polar surface area (TPSA) is 92.3 Å². The molecule has 0 amide bonds. The number of aromatic nitrogens is 6. The average molecular weight is 433 g/mol. The van der Waals surface area contributed by atoms with Crippen LogP contribution in [0.4, 0.5) is 24.8 Å². The van der Waals surface area contributed by atoms with Gasteiger partial charge in [-0.15, -0.1) is 0 Å². The molecule has 4 aromatic heterocycles. The van der Waals surface area contributed by atoms with E-state index in [1.54, 1.807) is 36.8 Å². The number of pyridine rings is 2. The number of alkyl halides is 3. The fraction of sp³-hybridized carbons (Fsp3) is 0.0455. The fourth-order valence-electron chi connectivity index (χ4n) is 3.12. The molecule has 5 aromatic rings. The molecule has 0 saturated carbocycles. The molecule has 0 fully saturated rings. The maximum Gasteiger partial charge on any atom is 0.417 e. The molecular formula is C22H14F3N7. The Morgan fingerprint density at radius 3 is 2.41 bits per heavy atom. The van der Waals surface area contributed by atoms with Gasteiger partial charge in [-0.25, -0.2) is 19.9 Å². The zero-order chi connectivity index (χ0) is 22.1. The molecule has 5 rings (SSSR count). The van der Waals surface area contributed by atoms with E-state index < -0.39 is 11.7 Å². The van der Waals surface area contributed by atoms with Crippen LogP contribution in [0.25, 0.3) is 33.8 Å². The number of benzene rings is 1. The van der Waals surface area contributed by atoms with Gasteiger partial charge in [0.25, 0.3) is 0 Å². The molecule has 0 aliphatic carbocycles. The van der Waals surface area contributed by atoms with Crippen molar-refractivity contribution in [2.24, 2.45) is 0 Å². The minimum Gasteiger partial charge on any atom is -0.337 e. The van der Waals surface area contributed by atoms with Crippen LogP contribution in [0.2, 0.25) is 0 Å². The van der Waals surface area contributed by atoms with Gasteiger partial charge in [-0.05, 0) is 30.3 Å². The third-order valence-electron chi connectivity index (χ3n) is 4.67. The Morgan fingerprint density at radius 1 is 0.812 bits per heavy atom. The van der Waals surface area contributed by atoms with Crippen molar-refractivity contribution >= 4 is 22.8 Å². The highest BCUT2D eigenvalue weighted by Gasteiger charge is 2.31. The molecular weight excluding hydrogens is 419 g/mol. The molecule has 0 spiro atoms. The number of halogens is 3. The van der Waals surface area contributed by atoms with Crippen molar-refractivity contribution in [1.29, 1.82) is 0 Å². The highest BCUT2D eigenvalue weighted by atomic mass is 19.4. The van der Waals surface area contributed by atoms with E-state index in [1.165, 1.54) is 0 Å². The second-order valence-electron chi connectivity index (χ2n) is 6.89. The van der Waals surface area contributed by atoms with E-state index in [1.807, 2.05) is 24.3 Å². The number of H-pyrrole nitrogens is 1. The van der Waals surface area contributed by atoms with Crippen LogP contribution in [0, 0.1) is 0 Å². The van der Waals surface area contributed by atoms with E-state index >= 15 is 0 Å². The summed E-state index contributed by atoms with van der Waals surface area (Å²) in [5, 5.41) is 3.11. The molecule has 0 bridgehead atoms. The lowest BCUT2D eigenvalue weighted by molar-refractivity contribution is -0.137. The number of imidazole rings is 1. The van der Waals surface area contributed by atoms with Crippen molar-refractivity contribution in [3.05, 3.63) is 78.9 Å². The van der Waals surface area contributed by atoms with Crippen LogP contribution in [0.1, 0.15) is 5.56 Å². The number of aromatic amines is 1. The van der Waals surface area contributed by atoms with Gasteiger partial charge in [0.2, 0.25) is 5.95 Å². The summed E-state index contributed by atoms with van der Waals surface area (Å²) in [6.45, 7) is 0. The molecule has 4 heterocycles.